The van der Waals surface area contributed by atoms with Gasteiger partial charge in [0.2, 0.25) is 0 Å². The summed E-state index contributed by atoms with van der Waals surface area (Å²) in [6.45, 7) is 1.87. The minimum absolute atomic E-state index is 0.0180. The Morgan fingerprint density at radius 3 is 2.45 bits per heavy atom. The summed E-state index contributed by atoms with van der Waals surface area (Å²) in [4.78, 5) is 44.1. The molecule has 11 heteroatoms. The lowest BCUT2D eigenvalue weighted by Crippen LogP contribution is -2.39. The van der Waals surface area contributed by atoms with Crippen molar-refractivity contribution in [3.8, 4) is 11.3 Å². The van der Waals surface area contributed by atoms with E-state index in [0.717, 1.165) is 0 Å². The van der Waals surface area contributed by atoms with Crippen molar-refractivity contribution in [2.45, 2.75) is 13.0 Å². The van der Waals surface area contributed by atoms with Crippen LogP contribution in [0.15, 0.2) is 105 Å². The lowest BCUT2D eigenvalue weighted by atomic mass is 9.93. The second-order valence-corrected chi connectivity index (χ2v) is 11.5. The van der Waals surface area contributed by atoms with Gasteiger partial charge in [-0.3, -0.25) is 9.36 Å². The second-order valence-electron chi connectivity index (χ2n) is 9.68. The Morgan fingerprint density at radius 2 is 1.77 bits per heavy atom. The Labute approximate surface area is 264 Å². The third-order valence-corrected chi connectivity index (χ3v) is 8.49. The van der Waals surface area contributed by atoms with Crippen molar-refractivity contribution in [2.75, 3.05) is 6.61 Å². The van der Waals surface area contributed by atoms with Gasteiger partial charge >= 0.3 is 11.9 Å². The molecular formula is C33H22Cl2N2O6S. The fraction of sp³-hybridized carbons (Fsp3) is 0.0909. The first-order valence-corrected chi connectivity index (χ1v) is 15.0. The Morgan fingerprint density at radius 1 is 1.02 bits per heavy atom. The molecule has 8 nitrogen and oxygen atoms in total. The van der Waals surface area contributed by atoms with E-state index in [1.807, 2.05) is 30.3 Å². The molecule has 2 aromatic heterocycles. The Kier molecular flexibility index (Phi) is 8.09. The van der Waals surface area contributed by atoms with Gasteiger partial charge in [0.05, 0.1) is 39.0 Å². The maximum Gasteiger partial charge on any atom is 0.338 e. The van der Waals surface area contributed by atoms with E-state index >= 15 is 0 Å². The van der Waals surface area contributed by atoms with Crippen LogP contribution >= 0.6 is 34.5 Å². The number of thiazole rings is 1. The van der Waals surface area contributed by atoms with Crippen LogP contribution in [-0.2, 0) is 9.53 Å². The minimum atomic E-state index is -1.13. The molecule has 0 spiro atoms. The predicted octanol–water partition coefficient (Wildman–Crippen LogP) is 6.20. The molecular weight excluding hydrogens is 623 g/mol. The molecule has 1 atom stereocenters. The normalized spacial score (nSPS) is 14.7. The molecule has 1 aliphatic heterocycles. The van der Waals surface area contributed by atoms with Crippen LogP contribution in [0.1, 0.15) is 40.2 Å². The molecule has 0 bridgehead atoms. The Balaban J connectivity index is 1.52. The number of carboxylic acids is 1. The van der Waals surface area contributed by atoms with Crippen LogP contribution in [0.2, 0.25) is 10.0 Å². The standard InChI is InChI=1S/C33H22Cl2N2O6S/c1-2-42-32(41)27-28(18-6-4-3-5-7-18)36-33-37(29(27)19-8-11-21(34)12-9-19)30(38)26(44-33)17-22-13-15-25(43-22)20-10-14-23(31(39)40)24(35)16-20/h3-17,29H,2H2,1H3,(H,39,40)/t29-/m0/s1. The van der Waals surface area contributed by atoms with Gasteiger partial charge in [0.1, 0.15) is 11.5 Å². The Bertz CT molecular complexity index is 2130. The van der Waals surface area contributed by atoms with Gasteiger partial charge in [-0.15, -0.1) is 0 Å². The first-order chi connectivity index (χ1) is 21.2. The number of carbonyl (C=O) groups excluding carboxylic acids is 1. The lowest BCUT2D eigenvalue weighted by Gasteiger charge is -2.25. The highest BCUT2D eigenvalue weighted by molar-refractivity contribution is 7.07. The van der Waals surface area contributed by atoms with E-state index in [4.69, 9.17) is 37.3 Å². The second kappa shape index (κ2) is 12.1. The molecule has 1 aliphatic rings. The van der Waals surface area contributed by atoms with E-state index in [1.54, 1.807) is 55.5 Å². The summed E-state index contributed by atoms with van der Waals surface area (Å²) in [6, 6.07) is 23.3. The molecule has 0 saturated heterocycles. The monoisotopic (exact) mass is 644 g/mol. The van der Waals surface area contributed by atoms with Crippen molar-refractivity contribution in [3.63, 3.8) is 0 Å². The molecule has 0 unspecified atom stereocenters. The van der Waals surface area contributed by atoms with E-state index in [1.165, 1.54) is 28.0 Å². The molecule has 0 radical (unpaired) electrons. The summed E-state index contributed by atoms with van der Waals surface area (Å²) in [5.41, 5.74) is 2.21. The van der Waals surface area contributed by atoms with Gasteiger partial charge < -0.3 is 14.3 Å². The molecule has 0 amide bonds. The third-order valence-electron chi connectivity index (χ3n) is 6.94. The molecule has 0 saturated carbocycles. The van der Waals surface area contributed by atoms with Gasteiger partial charge in [-0.2, -0.15) is 0 Å². The predicted molar refractivity (Wildman–Crippen MR) is 169 cm³/mol. The van der Waals surface area contributed by atoms with Crippen molar-refractivity contribution < 1.29 is 23.8 Å². The average molecular weight is 646 g/mol. The molecule has 44 heavy (non-hydrogen) atoms. The average Bonchev–Trinajstić information content (AvgIpc) is 3.61. The van der Waals surface area contributed by atoms with E-state index in [2.05, 4.69) is 0 Å². The number of nitrogens with zero attached hydrogens (tertiary/aromatic N) is 2. The Hall–Kier alpha value is -4.70. The topological polar surface area (TPSA) is 111 Å². The van der Waals surface area contributed by atoms with Gasteiger partial charge in [-0.05, 0) is 48.9 Å². The molecule has 1 N–H and O–H groups in total. The SMILES string of the molecule is CCOC(=O)C1=C(c2ccccc2)N=c2sc(=Cc3ccc(-c4ccc(C(=O)O)c(Cl)c4)o3)c(=O)n2[C@H]1c1ccc(Cl)cc1. The number of esters is 1. The van der Waals surface area contributed by atoms with Gasteiger partial charge in [-0.25, -0.2) is 14.6 Å². The highest BCUT2D eigenvalue weighted by Gasteiger charge is 2.35. The number of benzene rings is 3. The number of fused-ring (bicyclic) bond motifs is 1. The number of halogens is 2. The number of furan rings is 1. The summed E-state index contributed by atoms with van der Waals surface area (Å²) in [6.07, 6.45) is 1.61. The summed E-state index contributed by atoms with van der Waals surface area (Å²) < 4.78 is 13.3. The van der Waals surface area contributed by atoms with Gasteiger partial charge in [0.15, 0.2) is 4.80 Å². The summed E-state index contributed by atoms with van der Waals surface area (Å²) in [5, 5.41) is 9.85. The number of aromatic nitrogens is 1. The maximum atomic E-state index is 14.0. The number of rotatable bonds is 7. The number of aromatic carboxylic acids is 1. The highest BCUT2D eigenvalue weighted by atomic mass is 35.5. The number of hydrogen-bond donors (Lipinski definition) is 1. The molecule has 0 fully saturated rings. The molecule has 3 aromatic carbocycles. The molecule has 220 valence electrons. The molecule has 5 aromatic rings. The fourth-order valence-corrected chi connectivity index (χ4v) is 6.33. The van der Waals surface area contributed by atoms with Crippen LogP contribution in [0.4, 0.5) is 0 Å². The molecule has 3 heterocycles. The van der Waals surface area contributed by atoms with Crippen molar-refractivity contribution in [3.05, 3.63) is 143 Å². The van der Waals surface area contributed by atoms with Crippen molar-refractivity contribution >= 4 is 58.3 Å². The number of hydrogen-bond acceptors (Lipinski definition) is 7. The smallest absolute Gasteiger partial charge is 0.338 e. The number of ether oxygens (including phenoxy) is 1. The fourth-order valence-electron chi connectivity index (χ4n) is 4.96. The first kappa shape index (κ1) is 29.4. The van der Waals surface area contributed by atoms with E-state index in [-0.39, 0.29) is 28.3 Å². The van der Waals surface area contributed by atoms with Gasteiger partial charge in [0.25, 0.3) is 5.56 Å². The van der Waals surface area contributed by atoms with Gasteiger partial charge in [0, 0.05) is 22.2 Å². The summed E-state index contributed by atoms with van der Waals surface area (Å²) in [5.74, 6) is -0.874. The minimum Gasteiger partial charge on any atom is -0.478 e. The summed E-state index contributed by atoms with van der Waals surface area (Å²) >= 11 is 13.5. The molecule has 0 aliphatic carbocycles. The van der Waals surface area contributed by atoms with Crippen LogP contribution in [0, 0.1) is 0 Å². The third kappa shape index (κ3) is 5.53. The van der Waals surface area contributed by atoms with Crippen molar-refractivity contribution in [1.82, 2.24) is 4.57 Å². The van der Waals surface area contributed by atoms with Gasteiger partial charge in [-0.1, -0.05) is 83.1 Å². The van der Waals surface area contributed by atoms with Crippen LogP contribution < -0.4 is 14.9 Å². The van der Waals surface area contributed by atoms with E-state index in [0.29, 0.717) is 48.3 Å². The zero-order valence-electron chi connectivity index (χ0n) is 23.0. The van der Waals surface area contributed by atoms with Crippen molar-refractivity contribution in [2.24, 2.45) is 4.99 Å². The largest absolute Gasteiger partial charge is 0.478 e. The quantitative estimate of drug-likeness (QED) is 0.211. The number of carboxylic acid groups (broad SMARTS) is 1. The zero-order chi connectivity index (χ0) is 31.0. The highest BCUT2D eigenvalue weighted by Crippen LogP contribution is 2.35. The number of carbonyl (C=O) groups is 2. The zero-order valence-corrected chi connectivity index (χ0v) is 25.3. The van der Waals surface area contributed by atoms with Crippen LogP contribution in [0.25, 0.3) is 23.1 Å². The van der Waals surface area contributed by atoms with E-state index < -0.39 is 18.0 Å². The van der Waals surface area contributed by atoms with Crippen LogP contribution in [0.5, 0.6) is 0 Å². The van der Waals surface area contributed by atoms with E-state index in [9.17, 15) is 19.5 Å². The lowest BCUT2D eigenvalue weighted by molar-refractivity contribution is -0.138. The van der Waals surface area contributed by atoms with Crippen LogP contribution in [0.3, 0.4) is 0 Å². The first-order valence-electron chi connectivity index (χ1n) is 13.4. The van der Waals surface area contributed by atoms with Crippen LogP contribution in [-0.4, -0.2) is 28.2 Å². The summed E-state index contributed by atoms with van der Waals surface area (Å²) in [7, 11) is 0. The molecule has 6 rings (SSSR count). The maximum absolute atomic E-state index is 14.0. The van der Waals surface area contributed by atoms with Crippen molar-refractivity contribution in [1.29, 1.82) is 0 Å².